The first kappa shape index (κ1) is 22.9. The van der Waals surface area contributed by atoms with Gasteiger partial charge in [-0.2, -0.15) is 5.26 Å². The highest BCUT2D eigenvalue weighted by Gasteiger charge is 2.37. The molecular formula is C24H17Cl2N3O3S. The van der Waals surface area contributed by atoms with Gasteiger partial charge in [0.25, 0.3) is 5.56 Å². The summed E-state index contributed by atoms with van der Waals surface area (Å²) in [4.78, 5) is 26.3. The molecule has 1 unspecified atom stereocenters. The van der Waals surface area contributed by atoms with E-state index in [1.165, 1.54) is 4.57 Å². The van der Waals surface area contributed by atoms with Gasteiger partial charge in [0.05, 0.1) is 34.3 Å². The summed E-state index contributed by atoms with van der Waals surface area (Å²) in [5, 5.41) is 11.0. The number of hydrogen-bond donors (Lipinski definition) is 1. The number of nitriles is 1. The molecule has 6 nitrogen and oxygen atoms in total. The van der Waals surface area contributed by atoms with Gasteiger partial charge in [-0.25, -0.2) is 4.79 Å². The summed E-state index contributed by atoms with van der Waals surface area (Å²) in [6.07, 6.45) is 1.64. The minimum atomic E-state index is -0.881. The number of nitrogens with zero attached hydrogens (tertiary/aromatic N) is 2. The number of rotatable bonds is 4. The maximum Gasteiger partial charge on any atom is 0.338 e. The number of fused-ring (bicyclic) bond motifs is 1. The molecule has 1 aliphatic heterocycles. The first-order chi connectivity index (χ1) is 15.9. The molecule has 0 amide bonds. The van der Waals surface area contributed by atoms with Crippen LogP contribution < -0.4 is 20.5 Å². The van der Waals surface area contributed by atoms with Gasteiger partial charge in [0.15, 0.2) is 0 Å². The number of hydrogen-bond acceptors (Lipinski definition) is 6. The van der Waals surface area contributed by atoms with E-state index in [9.17, 15) is 14.9 Å². The molecule has 1 aromatic heterocycles. The Hall–Kier alpha value is -3.31. The Balaban J connectivity index is 2.11. The second-order valence-corrected chi connectivity index (χ2v) is 8.92. The highest BCUT2D eigenvalue weighted by molar-refractivity contribution is 7.07. The van der Waals surface area contributed by atoms with Crippen molar-refractivity contribution in [1.82, 2.24) is 4.57 Å². The third-order valence-electron chi connectivity index (χ3n) is 5.17. The van der Waals surface area contributed by atoms with Gasteiger partial charge < -0.3 is 10.5 Å². The SMILES string of the molecule is CCOC(=O)C1=C(N)n2c(s/c(=C\c3ccccc3Cl)c2=O)=C(C#N)C1c1ccccc1Cl. The van der Waals surface area contributed by atoms with Crippen molar-refractivity contribution in [2.75, 3.05) is 6.61 Å². The second-order valence-electron chi connectivity index (χ2n) is 7.08. The Morgan fingerprint density at radius 1 is 1.21 bits per heavy atom. The number of thiazole rings is 1. The summed E-state index contributed by atoms with van der Waals surface area (Å²) < 4.78 is 7.06. The lowest BCUT2D eigenvalue weighted by Crippen LogP contribution is -2.40. The third-order valence-corrected chi connectivity index (χ3v) is 6.97. The van der Waals surface area contributed by atoms with Gasteiger partial charge in [-0.05, 0) is 36.3 Å². The van der Waals surface area contributed by atoms with E-state index in [4.69, 9.17) is 33.7 Å². The molecule has 0 bridgehead atoms. The minimum absolute atomic E-state index is 0.00167. The molecule has 2 N–H and O–H groups in total. The van der Waals surface area contributed by atoms with Crippen LogP contribution in [-0.4, -0.2) is 17.1 Å². The van der Waals surface area contributed by atoms with Crippen molar-refractivity contribution in [2.45, 2.75) is 12.8 Å². The van der Waals surface area contributed by atoms with Gasteiger partial charge >= 0.3 is 5.97 Å². The smallest absolute Gasteiger partial charge is 0.338 e. The van der Waals surface area contributed by atoms with E-state index in [-0.39, 0.29) is 23.6 Å². The molecule has 0 radical (unpaired) electrons. The third kappa shape index (κ3) is 3.98. The number of aromatic nitrogens is 1. The average Bonchev–Trinajstić information content (AvgIpc) is 3.12. The topological polar surface area (TPSA) is 98.1 Å². The molecule has 0 spiro atoms. The molecule has 0 saturated carbocycles. The Kier molecular flexibility index (Phi) is 6.43. The van der Waals surface area contributed by atoms with Crippen LogP contribution in [0.5, 0.6) is 0 Å². The number of carbonyl (C=O) groups excluding carboxylic acids is 1. The van der Waals surface area contributed by atoms with Gasteiger partial charge in [-0.15, -0.1) is 11.3 Å². The lowest BCUT2D eigenvalue weighted by atomic mass is 9.84. The molecule has 3 aromatic rings. The van der Waals surface area contributed by atoms with Crippen LogP contribution in [-0.2, 0) is 9.53 Å². The molecule has 1 atom stereocenters. The number of benzene rings is 2. The highest BCUT2D eigenvalue weighted by Crippen LogP contribution is 2.39. The Morgan fingerprint density at radius 3 is 2.52 bits per heavy atom. The molecule has 9 heteroatoms. The van der Waals surface area contributed by atoms with Crippen LogP contribution in [0.25, 0.3) is 17.5 Å². The summed E-state index contributed by atoms with van der Waals surface area (Å²) in [6.45, 7) is 1.76. The fourth-order valence-electron chi connectivity index (χ4n) is 3.71. The van der Waals surface area contributed by atoms with Crippen molar-refractivity contribution < 1.29 is 9.53 Å². The summed E-state index contributed by atoms with van der Waals surface area (Å²) in [5.41, 5.74) is 7.28. The van der Waals surface area contributed by atoms with E-state index >= 15 is 0 Å². The van der Waals surface area contributed by atoms with Crippen LogP contribution in [0, 0.1) is 11.3 Å². The van der Waals surface area contributed by atoms with Crippen molar-refractivity contribution in [3.8, 4) is 6.07 Å². The van der Waals surface area contributed by atoms with E-state index in [2.05, 4.69) is 6.07 Å². The fourth-order valence-corrected chi connectivity index (χ4v) is 5.27. The molecule has 0 saturated heterocycles. The van der Waals surface area contributed by atoms with Crippen LogP contribution in [0.2, 0.25) is 10.0 Å². The lowest BCUT2D eigenvalue weighted by molar-refractivity contribution is -0.138. The average molecular weight is 498 g/mol. The summed E-state index contributed by atoms with van der Waals surface area (Å²) >= 11 is 13.8. The number of nitrogens with two attached hydrogens (primary N) is 1. The van der Waals surface area contributed by atoms with Crippen LogP contribution >= 0.6 is 34.5 Å². The molecule has 0 aliphatic carbocycles. The summed E-state index contributed by atoms with van der Waals surface area (Å²) in [5.74, 6) is -1.69. The Bertz CT molecular complexity index is 1530. The zero-order valence-electron chi connectivity index (χ0n) is 17.3. The molecular weight excluding hydrogens is 481 g/mol. The van der Waals surface area contributed by atoms with Crippen LogP contribution in [0.4, 0.5) is 0 Å². The van der Waals surface area contributed by atoms with Crippen molar-refractivity contribution in [3.63, 3.8) is 0 Å². The zero-order valence-corrected chi connectivity index (χ0v) is 19.7. The predicted molar refractivity (Wildman–Crippen MR) is 130 cm³/mol. The largest absolute Gasteiger partial charge is 0.463 e. The second kappa shape index (κ2) is 9.28. The maximum absolute atomic E-state index is 13.3. The highest BCUT2D eigenvalue weighted by atomic mass is 35.5. The van der Waals surface area contributed by atoms with Gasteiger partial charge in [0.2, 0.25) is 0 Å². The van der Waals surface area contributed by atoms with Crippen molar-refractivity contribution in [3.05, 3.63) is 94.8 Å². The van der Waals surface area contributed by atoms with E-state index in [1.807, 2.05) is 0 Å². The van der Waals surface area contributed by atoms with E-state index in [0.29, 0.717) is 30.4 Å². The van der Waals surface area contributed by atoms with Crippen LogP contribution in [0.3, 0.4) is 0 Å². The molecule has 1 aliphatic rings. The lowest BCUT2D eigenvalue weighted by Gasteiger charge is -2.25. The maximum atomic E-state index is 13.3. The van der Waals surface area contributed by atoms with Gasteiger partial charge in [-0.3, -0.25) is 9.36 Å². The van der Waals surface area contributed by atoms with Gasteiger partial charge in [0, 0.05) is 10.0 Å². The van der Waals surface area contributed by atoms with E-state index in [0.717, 1.165) is 11.3 Å². The monoisotopic (exact) mass is 497 g/mol. The Labute approximate surface area is 203 Å². The summed E-state index contributed by atoms with van der Waals surface area (Å²) in [7, 11) is 0. The van der Waals surface area contributed by atoms with Crippen LogP contribution in [0.1, 0.15) is 24.0 Å². The number of esters is 1. The van der Waals surface area contributed by atoms with Gasteiger partial charge in [-0.1, -0.05) is 59.6 Å². The molecule has 2 aromatic carbocycles. The fraction of sp³-hybridized carbons (Fsp3) is 0.125. The number of halogens is 2. The van der Waals surface area contributed by atoms with Crippen molar-refractivity contribution in [1.29, 1.82) is 5.26 Å². The zero-order chi connectivity index (χ0) is 23.7. The first-order valence-corrected chi connectivity index (χ1v) is 11.5. The predicted octanol–water partition coefficient (Wildman–Crippen LogP) is 3.21. The van der Waals surface area contributed by atoms with E-state index in [1.54, 1.807) is 61.5 Å². The molecule has 2 heterocycles. The first-order valence-electron chi connectivity index (χ1n) is 9.93. The van der Waals surface area contributed by atoms with Gasteiger partial charge in [0.1, 0.15) is 10.5 Å². The molecule has 166 valence electrons. The number of ether oxygens (including phenoxy) is 1. The quantitative estimate of drug-likeness (QED) is 0.558. The molecule has 0 fully saturated rings. The van der Waals surface area contributed by atoms with Crippen LogP contribution in [0.15, 0.2) is 58.9 Å². The minimum Gasteiger partial charge on any atom is -0.463 e. The standard InChI is InChI=1S/C24H17Cl2N3O3S/c1-2-32-24(31)20-19(14-8-4-6-10-17(14)26)15(12-27)23-29(21(20)28)22(30)18(33-23)11-13-7-3-5-9-16(13)25/h3-11,19H,2,28H2,1H3/b18-11-. The molecule has 4 rings (SSSR count). The van der Waals surface area contributed by atoms with Crippen molar-refractivity contribution in [2.24, 2.45) is 5.73 Å². The normalized spacial score (nSPS) is 15.9. The molecule has 33 heavy (non-hydrogen) atoms. The summed E-state index contributed by atoms with van der Waals surface area (Å²) in [6, 6.07) is 16.1. The Morgan fingerprint density at radius 2 is 1.88 bits per heavy atom. The number of carbonyl (C=O) groups is 1. The van der Waals surface area contributed by atoms with Crippen molar-refractivity contribution >= 4 is 58.0 Å². The van der Waals surface area contributed by atoms with E-state index < -0.39 is 17.4 Å².